The molecule has 2 atom stereocenters. The maximum Gasteiger partial charge on any atom is 0.141 e. The number of nitrogens with one attached hydrogen (secondary N) is 2. The van der Waals surface area contributed by atoms with Gasteiger partial charge in [0, 0.05) is 30.6 Å². The highest BCUT2D eigenvalue weighted by Crippen LogP contribution is 2.19. The maximum atomic E-state index is 5.51. The first-order chi connectivity index (χ1) is 7.78. The van der Waals surface area contributed by atoms with E-state index in [1.807, 2.05) is 12.1 Å². The first kappa shape index (κ1) is 11.2. The summed E-state index contributed by atoms with van der Waals surface area (Å²) in [7, 11) is 0. The Morgan fingerprint density at radius 2 is 2.44 bits per heavy atom. The van der Waals surface area contributed by atoms with E-state index in [1.54, 1.807) is 6.20 Å². The van der Waals surface area contributed by atoms with Crippen molar-refractivity contribution in [3.05, 3.63) is 18.3 Å². The zero-order valence-electron chi connectivity index (χ0n) is 9.44. The van der Waals surface area contributed by atoms with Crippen molar-refractivity contribution < 1.29 is 4.74 Å². The highest BCUT2D eigenvalue weighted by molar-refractivity contribution is 5.51. The smallest absolute Gasteiger partial charge is 0.141 e. The molecule has 1 aromatic rings. The van der Waals surface area contributed by atoms with Gasteiger partial charge in [0.2, 0.25) is 0 Å². The molecule has 2 rings (SSSR count). The van der Waals surface area contributed by atoms with Crippen molar-refractivity contribution in [1.29, 1.82) is 0 Å². The van der Waals surface area contributed by atoms with Gasteiger partial charge in [-0.2, -0.15) is 0 Å². The van der Waals surface area contributed by atoms with Gasteiger partial charge in [0.1, 0.15) is 5.82 Å². The van der Waals surface area contributed by atoms with Crippen LogP contribution in [0.2, 0.25) is 0 Å². The van der Waals surface area contributed by atoms with Gasteiger partial charge in [0.15, 0.2) is 0 Å². The van der Waals surface area contributed by atoms with Crippen molar-refractivity contribution in [1.82, 2.24) is 4.98 Å². The van der Waals surface area contributed by atoms with Gasteiger partial charge in [-0.15, -0.1) is 0 Å². The van der Waals surface area contributed by atoms with E-state index in [-0.39, 0.29) is 0 Å². The third-order valence-electron chi connectivity index (χ3n) is 2.76. The van der Waals surface area contributed by atoms with Crippen molar-refractivity contribution >= 4 is 11.5 Å². The van der Waals surface area contributed by atoms with Crippen LogP contribution in [0.25, 0.3) is 0 Å². The van der Waals surface area contributed by atoms with Gasteiger partial charge in [-0.3, -0.25) is 0 Å². The van der Waals surface area contributed by atoms with E-state index in [4.69, 9.17) is 10.6 Å². The second kappa shape index (κ2) is 5.14. The Hall–Kier alpha value is -1.33. The highest BCUT2D eigenvalue weighted by atomic mass is 16.5. The number of hydrazine groups is 1. The molecular formula is C11H18N4O. The van der Waals surface area contributed by atoms with Crippen molar-refractivity contribution in [3.63, 3.8) is 0 Å². The zero-order valence-corrected chi connectivity index (χ0v) is 9.44. The summed E-state index contributed by atoms with van der Waals surface area (Å²) in [5, 5.41) is 3.47. The first-order valence-corrected chi connectivity index (χ1v) is 5.58. The van der Waals surface area contributed by atoms with Gasteiger partial charge < -0.3 is 15.5 Å². The molecule has 5 heteroatoms. The van der Waals surface area contributed by atoms with Crippen molar-refractivity contribution in [2.75, 3.05) is 17.3 Å². The summed E-state index contributed by atoms with van der Waals surface area (Å²) in [5.74, 6) is 5.99. The molecule has 1 aromatic heterocycles. The predicted octanol–water partition coefficient (Wildman–Crippen LogP) is 1.35. The lowest BCUT2D eigenvalue weighted by atomic mass is 10.0. The molecule has 0 aromatic carbocycles. The molecule has 5 nitrogen and oxygen atoms in total. The van der Waals surface area contributed by atoms with Crippen LogP contribution in [0.3, 0.4) is 0 Å². The fourth-order valence-electron chi connectivity index (χ4n) is 1.96. The van der Waals surface area contributed by atoms with E-state index in [1.165, 1.54) is 0 Å². The molecule has 0 bridgehead atoms. The van der Waals surface area contributed by atoms with Gasteiger partial charge in [-0.05, 0) is 25.8 Å². The number of pyridine rings is 1. The Morgan fingerprint density at radius 3 is 3.19 bits per heavy atom. The van der Waals surface area contributed by atoms with E-state index in [2.05, 4.69) is 22.7 Å². The maximum absolute atomic E-state index is 5.51. The second-order valence-electron chi connectivity index (χ2n) is 4.12. The van der Waals surface area contributed by atoms with Crippen LogP contribution >= 0.6 is 0 Å². The van der Waals surface area contributed by atoms with Gasteiger partial charge in [-0.25, -0.2) is 10.8 Å². The molecule has 1 aliphatic heterocycles. The Balaban J connectivity index is 1.97. The van der Waals surface area contributed by atoms with Crippen LogP contribution in [0, 0.1) is 0 Å². The first-order valence-electron chi connectivity index (χ1n) is 5.58. The van der Waals surface area contributed by atoms with Crippen LogP contribution in [-0.2, 0) is 4.74 Å². The summed E-state index contributed by atoms with van der Waals surface area (Å²) < 4.78 is 5.51. The van der Waals surface area contributed by atoms with E-state index < -0.39 is 0 Å². The molecule has 16 heavy (non-hydrogen) atoms. The molecular weight excluding hydrogens is 204 g/mol. The fraction of sp³-hybridized carbons (Fsp3) is 0.545. The zero-order chi connectivity index (χ0) is 11.4. The molecule has 0 saturated carbocycles. The summed E-state index contributed by atoms with van der Waals surface area (Å²) in [4.78, 5) is 4.07. The number of hydrogen-bond acceptors (Lipinski definition) is 5. The molecule has 2 heterocycles. The van der Waals surface area contributed by atoms with Gasteiger partial charge in [-0.1, -0.05) is 0 Å². The summed E-state index contributed by atoms with van der Waals surface area (Å²) >= 11 is 0. The topological polar surface area (TPSA) is 72.2 Å². The minimum Gasteiger partial charge on any atom is -0.382 e. The summed E-state index contributed by atoms with van der Waals surface area (Å²) in [6, 6.07) is 4.32. The number of nitrogens with zero attached hydrogens (tertiary/aromatic N) is 1. The Bertz CT molecular complexity index is 345. The van der Waals surface area contributed by atoms with E-state index in [9.17, 15) is 0 Å². The molecule has 1 aliphatic rings. The Labute approximate surface area is 95.4 Å². The highest BCUT2D eigenvalue weighted by Gasteiger charge is 2.18. The Kier molecular flexibility index (Phi) is 3.58. The Morgan fingerprint density at radius 1 is 1.56 bits per heavy atom. The van der Waals surface area contributed by atoms with Crippen LogP contribution < -0.4 is 16.6 Å². The van der Waals surface area contributed by atoms with E-state index >= 15 is 0 Å². The predicted molar refractivity (Wildman–Crippen MR) is 64.1 cm³/mol. The standard InChI is InChI=1S/C11H18N4O/c1-8-6-10(3-5-16-8)14-9-2-4-13-11(7-9)15-12/h2,4,7-8,10H,3,5-6,12H2,1H3,(H2,13,14,15). The van der Waals surface area contributed by atoms with Crippen LogP contribution in [0.15, 0.2) is 18.3 Å². The number of nitrogen functional groups attached to an aromatic ring is 1. The lowest BCUT2D eigenvalue weighted by Crippen LogP contribution is -2.32. The normalized spacial score (nSPS) is 25.1. The lowest BCUT2D eigenvalue weighted by molar-refractivity contribution is 0.0232. The lowest BCUT2D eigenvalue weighted by Gasteiger charge is -2.28. The molecule has 1 fully saturated rings. The molecule has 1 saturated heterocycles. The number of ether oxygens (including phenoxy) is 1. The SMILES string of the molecule is CC1CC(Nc2ccnc(NN)c2)CCO1. The second-order valence-corrected chi connectivity index (χ2v) is 4.12. The van der Waals surface area contributed by atoms with Gasteiger partial charge >= 0.3 is 0 Å². The number of rotatable bonds is 3. The summed E-state index contributed by atoms with van der Waals surface area (Å²) in [6.07, 6.45) is 4.15. The number of nitrogens with two attached hydrogens (primary N) is 1. The average Bonchev–Trinajstić information content (AvgIpc) is 2.29. The molecule has 0 aliphatic carbocycles. The van der Waals surface area contributed by atoms with Crippen LogP contribution in [-0.4, -0.2) is 23.7 Å². The minimum absolute atomic E-state index is 0.334. The van der Waals surface area contributed by atoms with Crippen molar-refractivity contribution in [2.45, 2.75) is 31.9 Å². The van der Waals surface area contributed by atoms with E-state index in [0.717, 1.165) is 25.1 Å². The van der Waals surface area contributed by atoms with Crippen molar-refractivity contribution in [3.8, 4) is 0 Å². The van der Waals surface area contributed by atoms with Crippen LogP contribution in [0.1, 0.15) is 19.8 Å². The van der Waals surface area contributed by atoms with Gasteiger partial charge in [0.25, 0.3) is 0 Å². The third kappa shape index (κ3) is 2.84. The van der Waals surface area contributed by atoms with Gasteiger partial charge in [0.05, 0.1) is 6.10 Å². The average molecular weight is 222 g/mol. The molecule has 4 N–H and O–H groups in total. The number of anilines is 2. The number of hydrogen-bond donors (Lipinski definition) is 3. The summed E-state index contributed by atoms with van der Waals surface area (Å²) in [6.45, 7) is 2.93. The molecule has 0 radical (unpaired) electrons. The minimum atomic E-state index is 0.334. The summed E-state index contributed by atoms with van der Waals surface area (Å²) in [5.41, 5.74) is 3.58. The van der Waals surface area contributed by atoms with E-state index in [0.29, 0.717) is 18.0 Å². The number of aromatic nitrogens is 1. The molecule has 0 amide bonds. The molecule has 2 unspecified atom stereocenters. The van der Waals surface area contributed by atoms with Crippen molar-refractivity contribution in [2.24, 2.45) is 5.84 Å². The molecule has 88 valence electrons. The van der Waals surface area contributed by atoms with Crippen LogP contribution in [0.5, 0.6) is 0 Å². The fourth-order valence-corrected chi connectivity index (χ4v) is 1.96. The van der Waals surface area contributed by atoms with Crippen LogP contribution in [0.4, 0.5) is 11.5 Å². The molecule has 0 spiro atoms. The largest absolute Gasteiger partial charge is 0.382 e. The monoisotopic (exact) mass is 222 g/mol. The third-order valence-corrected chi connectivity index (χ3v) is 2.76. The quantitative estimate of drug-likeness (QED) is 0.532.